The van der Waals surface area contributed by atoms with Gasteiger partial charge in [0.1, 0.15) is 0 Å². The molecular weight excluding hydrogens is 524 g/mol. The van der Waals surface area contributed by atoms with Crippen molar-refractivity contribution >= 4 is 11.9 Å². The first-order valence-electron chi connectivity index (χ1n) is 15.3. The fourth-order valence-electron chi connectivity index (χ4n) is 8.45. The maximum Gasteiger partial charge on any atom is 0.332 e. The second-order valence-electron chi connectivity index (χ2n) is 15.0. The van der Waals surface area contributed by atoms with Crippen LogP contribution in [0.3, 0.4) is 0 Å². The molecule has 0 aromatic heterocycles. The van der Waals surface area contributed by atoms with Crippen molar-refractivity contribution in [3.63, 3.8) is 0 Å². The molecular formula is C36H50N2O4. The van der Waals surface area contributed by atoms with Crippen LogP contribution in [0.4, 0.5) is 0 Å². The summed E-state index contributed by atoms with van der Waals surface area (Å²) in [5, 5.41) is 21.4. The summed E-state index contributed by atoms with van der Waals surface area (Å²) >= 11 is 0. The second-order valence-corrected chi connectivity index (χ2v) is 15.0. The molecule has 2 heterocycles. The molecule has 2 aromatic rings. The van der Waals surface area contributed by atoms with E-state index in [1.165, 1.54) is 11.1 Å². The molecule has 0 atom stereocenters. The third kappa shape index (κ3) is 6.65. The standard InChI is InChI=1S/C36H50N2O4/c1-33(2)19-27(20-34(3,4)37(33)23-25-15-11-9-12-16-25)29(31(39)40)30(32(41)42)28-21-35(5,6)38(36(7,8)22-28)24-26-17-13-10-14-18-26/h9-18,27-28H,19-24H2,1-8H3,(H,39,40)(H,41,42)/b30-29-. The first-order chi connectivity index (χ1) is 19.4. The zero-order chi connectivity index (χ0) is 31.1. The molecule has 0 spiro atoms. The van der Waals surface area contributed by atoms with Gasteiger partial charge in [-0.25, -0.2) is 9.59 Å². The number of hydrogen-bond acceptors (Lipinski definition) is 4. The van der Waals surface area contributed by atoms with E-state index in [0.29, 0.717) is 25.7 Å². The van der Waals surface area contributed by atoms with Crippen LogP contribution in [0, 0.1) is 11.8 Å². The van der Waals surface area contributed by atoms with E-state index < -0.39 is 11.9 Å². The third-order valence-corrected chi connectivity index (χ3v) is 9.84. The van der Waals surface area contributed by atoms with Crippen LogP contribution in [-0.2, 0) is 22.7 Å². The summed E-state index contributed by atoms with van der Waals surface area (Å²) < 4.78 is 0. The summed E-state index contributed by atoms with van der Waals surface area (Å²) in [6.07, 6.45) is 2.34. The first-order valence-corrected chi connectivity index (χ1v) is 15.3. The van der Waals surface area contributed by atoms with E-state index in [0.717, 1.165) is 13.1 Å². The number of rotatable bonds is 8. The fraction of sp³-hybridized carbons (Fsp3) is 0.556. The Kier molecular flexibility index (Phi) is 8.84. The topological polar surface area (TPSA) is 81.1 Å². The third-order valence-electron chi connectivity index (χ3n) is 9.84. The van der Waals surface area contributed by atoms with Gasteiger partial charge in [0.05, 0.1) is 11.1 Å². The number of nitrogens with zero attached hydrogens (tertiary/aromatic N) is 2. The molecule has 2 aliphatic heterocycles. The highest BCUT2D eigenvalue weighted by molar-refractivity contribution is 5.99. The van der Waals surface area contributed by atoms with Crippen LogP contribution in [0.1, 0.15) is 92.2 Å². The number of carbonyl (C=O) groups is 2. The number of piperidine rings is 2. The Morgan fingerprint density at radius 2 is 0.833 bits per heavy atom. The van der Waals surface area contributed by atoms with Gasteiger partial charge in [-0.2, -0.15) is 0 Å². The molecule has 0 aliphatic carbocycles. The second kappa shape index (κ2) is 11.6. The molecule has 0 radical (unpaired) electrons. The molecule has 0 unspecified atom stereocenters. The molecule has 0 amide bonds. The highest BCUT2D eigenvalue weighted by atomic mass is 16.4. The molecule has 228 valence electrons. The zero-order valence-electron chi connectivity index (χ0n) is 26.8. The maximum absolute atomic E-state index is 13.1. The number of carboxylic acid groups (broad SMARTS) is 2. The van der Waals surface area contributed by atoms with Gasteiger partial charge in [0.15, 0.2) is 0 Å². The van der Waals surface area contributed by atoms with Gasteiger partial charge < -0.3 is 10.2 Å². The van der Waals surface area contributed by atoms with E-state index in [1.807, 2.05) is 36.4 Å². The quantitative estimate of drug-likeness (QED) is 0.320. The van der Waals surface area contributed by atoms with Gasteiger partial charge in [-0.1, -0.05) is 60.7 Å². The number of hydrogen-bond donors (Lipinski definition) is 2. The first kappa shape index (κ1) is 32.0. The van der Waals surface area contributed by atoms with Crippen molar-refractivity contribution in [1.82, 2.24) is 9.80 Å². The summed E-state index contributed by atoms with van der Waals surface area (Å²) in [6.45, 7) is 18.8. The molecule has 2 aliphatic rings. The number of benzene rings is 2. The summed E-state index contributed by atoms with van der Waals surface area (Å²) in [4.78, 5) is 31.0. The number of likely N-dealkylation sites (tertiary alicyclic amines) is 2. The molecule has 42 heavy (non-hydrogen) atoms. The number of carboxylic acids is 2. The van der Waals surface area contributed by atoms with E-state index in [1.54, 1.807) is 0 Å². The van der Waals surface area contributed by atoms with Gasteiger partial charge in [-0.05, 0) is 104 Å². The van der Waals surface area contributed by atoms with E-state index in [4.69, 9.17) is 0 Å². The van der Waals surface area contributed by atoms with Crippen molar-refractivity contribution in [2.24, 2.45) is 11.8 Å². The van der Waals surface area contributed by atoms with Crippen LogP contribution in [0.25, 0.3) is 0 Å². The lowest BCUT2D eigenvalue weighted by molar-refractivity contribution is -0.138. The van der Waals surface area contributed by atoms with Crippen LogP contribution >= 0.6 is 0 Å². The monoisotopic (exact) mass is 574 g/mol. The minimum atomic E-state index is -1.09. The fourth-order valence-corrected chi connectivity index (χ4v) is 8.45. The van der Waals surface area contributed by atoms with Gasteiger partial charge in [-0.15, -0.1) is 0 Å². The summed E-state index contributed by atoms with van der Waals surface area (Å²) in [5.74, 6) is -2.91. The largest absolute Gasteiger partial charge is 0.478 e. The average molecular weight is 575 g/mol. The Balaban J connectivity index is 1.70. The molecule has 6 heteroatoms. The van der Waals surface area contributed by atoms with Crippen molar-refractivity contribution in [1.29, 1.82) is 0 Å². The van der Waals surface area contributed by atoms with Crippen LogP contribution < -0.4 is 0 Å². The lowest BCUT2D eigenvalue weighted by Gasteiger charge is -2.57. The highest BCUT2D eigenvalue weighted by Crippen LogP contribution is 2.49. The van der Waals surface area contributed by atoms with Gasteiger partial charge >= 0.3 is 11.9 Å². The molecule has 2 fully saturated rings. The molecule has 0 bridgehead atoms. The molecule has 2 N–H and O–H groups in total. The molecule has 2 aromatic carbocycles. The Hall–Kier alpha value is -2.96. The van der Waals surface area contributed by atoms with Crippen molar-refractivity contribution < 1.29 is 19.8 Å². The summed E-state index contributed by atoms with van der Waals surface area (Å²) in [6, 6.07) is 20.7. The minimum absolute atomic E-state index is 0.108. The van der Waals surface area contributed by atoms with Crippen LogP contribution in [0.15, 0.2) is 71.8 Å². The van der Waals surface area contributed by atoms with Crippen molar-refractivity contribution in [2.45, 2.75) is 116 Å². The van der Waals surface area contributed by atoms with Crippen LogP contribution in [-0.4, -0.2) is 54.1 Å². The normalized spacial score (nSPS) is 23.2. The van der Waals surface area contributed by atoms with E-state index in [9.17, 15) is 19.8 Å². The Morgan fingerprint density at radius 3 is 1.07 bits per heavy atom. The SMILES string of the molecule is CC1(C)CC(/C(C(=O)O)=C(/C(=O)O)C2CC(C)(C)N(Cc3ccccc3)C(C)(C)C2)CC(C)(C)N1Cc1ccccc1. The average Bonchev–Trinajstić information content (AvgIpc) is 2.86. The van der Waals surface area contributed by atoms with E-state index in [2.05, 4.69) is 89.5 Å². The Bertz CT molecular complexity index is 1170. The molecule has 6 nitrogen and oxygen atoms in total. The predicted molar refractivity (Wildman–Crippen MR) is 168 cm³/mol. The van der Waals surface area contributed by atoms with E-state index >= 15 is 0 Å². The van der Waals surface area contributed by atoms with Gasteiger partial charge in [0.2, 0.25) is 0 Å². The van der Waals surface area contributed by atoms with Crippen LogP contribution in [0.5, 0.6) is 0 Å². The van der Waals surface area contributed by atoms with Gasteiger partial charge in [-0.3, -0.25) is 9.80 Å². The highest BCUT2D eigenvalue weighted by Gasteiger charge is 2.51. The lowest BCUT2D eigenvalue weighted by atomic mass is 9.66. The Morgan fingerprint density at radius 1 is 0.571 bits per heavy atom. The smallest absolute Gasteiger partial charge is 0.332 e. The summed E-state index contributed by atoms with van der Waals surface area (Å²) in [5.41, 5.74) is 1.32. The van der Waals surface area contributed by atoms with Crippen molar-refractivity contribution in [2.75, 3.05) is 0 Å². The van der Waals surface area contributed by atoms with Gasteiger partial charge in [0, 0.05) is 35.2 Å². The predicted octanol–water partition coefficient (Wildman–Crippen LogP) is 7.39. The summed E-state index contributed by atoms with van der Waals surface area (Å²) in [7, 11) is 0. The molecule has 0 saturated carbocycles. The molecule has 4 rings (SSSR count). The maximum atomic E-state index is 13.1. The van der Waals surface area contributed by atoms with Gasteiger partial charge in [0.25, 0.3) is 0 Å². The molecule has 2 saturated heterocycles. The number of aliphatic carboxylic acids is 2. The van der Waals surface area contributed by atoms with E-state index in [-0.39, 0.29) is 45.1 Å². The van der Waals surface area contributed by atoms with Crippen molar-refractivity contribution in [3.05, 3.63) is 82.9 Å². The lowest BCUT2D eigenvalue weighted by Crippen LogP contribution is -2.61. The van der Waals surface area contributed by atoms with Crippen molar-refractivity contribution in [3.8, 4) is 0 Å². The minimum Gasteiger partial charge on any atom is -0.478 e. The van der Waals surface area contributed by atoms with Crippen LogP contribution in [0.2, 0.25) is 0 Å². The zero-order valence-corrected chi connectivity index (χ0v) is 26.8. The Labute approximate surface area is 252 Å².